The van der Waals surface area contributed by atoms with Crippen LogP contribution in [0, 0.1) is 12.7 Å². The molecule has 0 fully saturated rings. The molecule has 132 valence electrons. The van der Waals surface area contributed by atoms with E-state index in [0.29, 0.717) is 13.2 Å². The SMILES string of the molecule is C=CCOc1ccc(CN(C)CC(=O)Nc2ccc(C)cc2F)cc1. The summed E-state index contributed by atoms with van der Waals surface area (Å²) in [6.45, 7) is 6.65. The van der Waals surface area contributed by atoms with Crippen LogP contribution in [-0.2, 0) is 11.3 Å². The van der Waals surface area contributed by atoms with E-state index in [1.54, 1.807) is 25.1 Å². The molecular weight excluding hydrogens is 319 g/mol. The Labute approximate surface area is 147 Å². The predicted molar refractivity (Wildman–Crippen MR) is 98.2 cm³/mol. The zero-order chi connectivity index (χ0) is 18.2. The summed E-state index contributed by atoms with van der Waals surface area (Å²) < 4.78 is 19.2. The normalized spacial score (nSPS) is 10.6. The number of ether oxygens (including phenoxy) is 1. The average Bonchev–Trinajstić information content (AvgIpc) is 2.56. The molecule has 0 heterocycles. The quantitative estimate of drug-likeness (QED) is 0.743. The largest absolute Gasteiger partial charge is 0.490 e. The minimum atomic E-state index is -0.425. The number of likely N-dealkylation sites (N-methyl/N-ethyl adjacent to an activating group) is 1. The maximum absolute atomic E-state index is 13.8. The van der Waals surface area contributed by atoms with E-state index < -0.39 is 5.82 Å². The molecule has 0 radical (unpaired) electrons. The van der Waals surface area contributed by atoms with Crippen LogP contribution in [0.1, 0.15) is 11.1 Å². The lowest BCUT2D eigenvalue weighted by molar-refractivity contribution is -0.117. The summed E-state index contributed by atoms with van der Waals surface area (Å²) in [6.07, 6.45) is 1.69. The van der Waals surface area contributed by atoms with Crippen LogP contribution in [-0.4, -0.2) is 31.0 Å². The highest BCUT2D eigenvalue weighted by atomic mass is 19.1. The number of anilines is 1. The first-order valence-corrected chi connectivity index (χ1v) is 8.05. The summed E-state index contributed by atoms with van der Waals surface area (Å²) in [4.78, 5) is 13.9. The Morgan fingerprint density at radius 3 is 2.64 bits per heavy atom. The van der Waals surface area contributed by atoms with E-state index in [2.05, 4.69) is 11.9 Å². The maximum atomic E-state index is 13.8. The lowest BCUT2D eigenvalue weighted by Gasteiger charge is -2.17. The van der Waals surface area contributed by atoms with Crippen LogP contribution in [0.4, 0.5) is 10.1 Å². The fraction of sp³-hybridized carbons (Fsp3) is 0.250. The van der Waals surface area contributed by atoms with Crippen LogP contribution in [0.3, 0.4) is 0 Å². The van der Waals surface area contributed by atoms with Gasteiger partial charge in [-0.2, -0.15) is 0 Å². The number of benzene rings is 2. The van der Waals surface area contributed by atoms with Crippen LogP contribution in [0.5, 0.6) is 5.75 Å². The van der Waals surface area contributed by atoms with Gasteiger partial charge in [-0.15, -0.1) is 0 Å². The molecule has 2 rings (SSSR count). The fourth-order valence-corrected chi connectivity index (χ4v) is 2.37. The number of carbonyl (C=O) groups excluding carboxylic acids is 1. The number of aryl methyl sites for hydroxylation is 1. The van der Waals surface area contributed by atoms with Gasteiger partial charge >= 0.3 is 0 Å². The second-order valence-electron chi connectivity index (χ2n) is 5.95. The van der Waals surface area contributed by atoms with Gasteiger partial charge < -0.3 is 10.1 Å². The van der Waals surface area contributed by atoms with Gasteiger partial charge in [0.05, 0.1) is 12.2 Å². The smallest absolute Gasteiger partial charge is 0.238 e. The van der Waals surface area contributed by atoms with Gasteiger partial charge in [0.2, 0.25) is 5.91 Å². The molecule has 0 aromatic heterocycles. The van der Waals surface area contributed by atoms with Crippen molar-refractivity contribution in [3.05, 3.63) is 72.1 Å². The van der Waals surface area contributed by atoms with Crippen molar-refractivity contribution in [2.24, 2.45) is 0 Å². The number of amides is 1. The zero-order valence-electron chi connectivity index (χ0n) is 14.6. The van der Waals surface area contributed by atoms with Gasteiger partial charge in [-0.1, -0.05) is 30.9 Å². The van der Waals surface area contributed by atoms with Crippen molar-refractivity contribution >= 4 is 11.6 Å². The minimum Gasteiger partial charge on any atom is -0.490 e. The summed E-state index contributed by atoms with van der Waals surface area (Å²) in [5.41, 5.74) is 2.07. The Balaban J connectivity index is 1.85. The van der Waals surface area contributed by atoms with Gasteiger partial charge in [0.25, 0.3) is 0 Å². The molecule has 25 heavy (non-hydrogen) atoms. The number of hydrogen-bond acceptors (Lipinski definition) is 3. The number of carbonyl (C=O) groups is 1. The molecule has 0 bridgehead atoms. The second kappa shape index (κ2) is 8.99. The molecule has 1 N–H and O–H groups in total. The molecule has 2 aromatic rings. The van der Waals surface area contributed by atoms with Gasteiger partial charge in [-0.05, 0) is 49.4 Å². The van der Waals surface area contributed by atoms with Crippen LogP contribution in [0.2, 0.25) is 0 Å². The lowest BCUT2D eigenvalue weighted by atomic mass is 10.2. The second-order valence-corrected chi connectivity index (χ2v) is 5.95. The van der Waals surface area contributed by atoms with E-state index in [0.717, 1.165) is 16.9 Å². The van der Waals surface area contributed by atoms with E-state index in [-0.39, 0.29) is 18.1 Å². The van der Waals surface area contributed by atoms with Crippen molar-refractivity contribution in [1.29, 1.82) is 0 Å². The molecule has 0 saturated carbocycles. The molecule has 0 saturated heterocycles. The maximum Gasteiger partial charge on any atom is 0.238 e. The summed E-state index contributed by atoms with van der Waals surface area (Å²) >= 11 is 0. The highest BCUT2D eigenvalue weighted by Gasteiger charge is 2.10. The summed E-state index contributed by atoms with van der Waals surface area (Å²) in [5, 5.41) is 2.60. The molecule has 4 nitrogen and oxygen atoms in total. The van der Waals surface area contributed by atoms with Gasteiger partial charge in [0.15, 0.2) is 0 Å². The van der Waals surface area contributed by atoms with Crippen LogP contribution < -0.4 is 10.1 Å². The number of halogens is 1. The monoisotopic (exact) mass is 342 g/mol. The molecule has 2 aromatic carbocycles. The standard InChI is InChI=1S/C20H23FN2O2/c1-4-11-25-17-8-6-16(7-9-17)13-23(3)14-20(24)22-19-10-5-15(2)12-18(19)21/h4-10,12H,1,11,13-14H2,2-3H3,(H,22,24). The third-order valence-electron chi connectivity index (χ3n) is 3.56. The molecule has 1 amide bonds. The molecule has 0 spiro atoms. The first-order valence-electron chi connectivity index (χ1n) is 8.05. The Kier molecular flexibility index (Phi) is 6.71. The van der Waals surface area contributed by atoms with Crippen molar-refractivity contribution in [3.8, 4) is 5.75 Å². The highest BCUT2D eigenvalue weighted by molar-refractivity contribution is 5.92. The topological polar surface area (TPSA) is 41.6 Å². The molecule has 0 aliphatic heterocycles. The molecular formula is C20H23FN2O2. The van der Waals surface area contributed by atoms with Gasteiger partial charge in [-0.25, -0.2) is 4.39 Å². The van der Waals surface area contributed by atoms with E-state index in [9.17, 15) is 9.18 Å². The number of hydrogen-bond donors (Lipinski definition) is 1. The Morgan fingerprint density at radius 1 is 1.28 bits per heavy atom. The minimum absolute atomic E-state index is 0.169. The summed E-state index contributed by atoms with van der Waals surface area (Å²) in [5.74, 6) is 0.0983. The van der Waals surface area contributed by atoms with Crippen molar-refractivity contribution in [2.45, 2.75) is 13.5 Å². The Bertz CT molecular complexity index is 729. The van der Waals surface area contributed by atoms with Crippen molar-refractivity contribution in [2.75, 3.05) is 25.5 Å². The zero-order valence-corrected chi connectivity index (χ0v) is 14.6. The highest BCUT2D eigenvalue weighted by Crippen LogP contribution is 2.16. The van der Waals surface area contributed by atoms with Gasteiger partial charge in [-0.3, -0.25) is 9.69 Å². The summed E-state index contributed by atoms with van der Waals surface area (Å²) in [6, 6.07) is 12.4. The molecule has 5 heteroatoms. The van der Waals surface area contributed by atoms with Crippen molar-refractivity contribution in [1.82, 2.24) is 4.90 Å². The number of nitrogens with zero attached hydrogens (tertiary/aromatic N) is 1. The average molecular weight is 342 g/mol. The first kappa shape index (κ1) is 18.7. The van der Waals surface area contributed by atoms with E-state index >= 15 is 0 Å². The summed E-state index contributed by atoms with van der Waals surface area (Å²) in [7, 11) is 1.84. The number of rotatable bonds is 8. The molecule has 0 aliphatic carbocycles. The van der Waals surface area contributed by atoms with Crippen molar-refractivity contribution < 1.29 is 13.9 Å². The van der Waals surface area contributed by atoms with Crippen LogP contribution in [0.25, 0.3) is 0 Å². The molecule has 0 aliphatic rings. The Morgan fingerprint density at radius 2 is 2.00 bits per heavy atom. The lowest BCUT2D eigenvalue weighted by Crippen LogP contribution is -2.30. The van der Waals surface area contributed by atoms with Crippen molar-refractivity contribution in [3.63, 3.8) is 0 Å². The fourth-order valence-electron chi connectivity index (χ4n) is 2.37. The van der Waals surface area contributed by atoms with Crippen LogP contribution >= 0.6 is 0 Å². The molecule has 0 unspecified atom stereocenters. The Hall–Kier alpha value is -2.66. The van der Waals surface area contributed by atoms with Gasteiger partial charge in [0, 0.05) is 6.54 Å². The number of nitrogens with one attached hydrogen (secondary N) is 1. The molecule has 0 atom stereocenters. The van der Waals surface area contributed by atoms with Crippen LogP contribution in [0.15, 0.2) is 55.1 Å². The van der Waals surface area contributed by atoms with E-state index in [4.69, 9.17) is 4.74 Å². The predicted octanol–water partition coefficient (Wildman–Crippen LogP) is 3.77. The van der Waals surface area contributed by atoms with E-state index in [1.807, 2.05) is 36.2 Å². The third kappa shape index (κ3) is 6.04. The third-order valence-corrected chi connectivity index (χ3v) is 3.56. The van der Waals surface area contributed by atoms with Gasteiger partial charge in [0.1, 0.15) is 18.2 Å². The first-order chi connectivity index (χ1) is 12.0. The van der Waals surface area contributed by atoms with E-state index in [1.165, 1.54) is 6.07 Å².